The van der Waals surface area contributed by atoms with Crippen molar-refractivity contribution in [3.8, 4) is 5.75 Å². The van der Waals surface area contributed by atoms with Crippen LogP contribution >= 0.6 is 11.6 Å². The van der Waals surface area contributed by atoms with Crippen LogP contribution in [0.1, 0.15) is 5.56 Å². The summed E-state index contributed by atoms with van der Waals surface area (Å²) in [6.07, 6.45) is 6.48. The molecule has 0 unspecified atom stereocenters. The summed E-state index contributed by atoms with van der Waals surface area (Å²) >= 11 is 5.94. The zero-order chi connectivity index (χ0) is 21.8. The predicted molar refractivity (Wildman–Crippen MR) is 109 cm³/mol. The average molecular weight is 431 g/mol. The third-order valence-electron chi connectivity index (χ3n) is 4.03. The van der Waals surface area contributed by atoms with Gasteiger partial charge in [0.15, 0.2) is 11.6 Å². The number of ether oxygens (including phenoxy) is 1. The number of nitrogens with zero attached hydrogens (tertiary/aromatic N) is 2. The summed E-state index contributed by atoms with van der Waals surface area (Å²) in [6, 6.07) is 2.98. The number of aromatic nitrogens is 2. The zero-order valence-corrected chi connectivity index (χ0v) is 16.6. The first-order valence-corrected chi connectivity index (χ1v) is 8.94. The molecular formula is C20H16ClFN4O4. The average Bonchev–Trinajstić information content (AvgIpc) is 2.71. The molecule has 0 bridgehead atoms. The minimum atomic E-state index is -0.738. The SMILES string of the molecule is COC(=O)C=C1C=CC=C(Nc2ncc(F)c(Nc3cc(C)c(O)c(Cl)c3)n2)C1=O. The highest BCUT2D eigenvalue weighted by Gasteiger charge is 2.19. The van der Waals surface area contributed by atoms with E-state index in [-0.39, 0.29) is 33.8 Å². The second kappa shape index (κ2) is 8.75. The number of allylic oxidation sites excluding steroid dienone is 4. The van der Waals surface area contributed by atoms with Crippen molar-refractivity contribution >= 4 is 40.8 Å². The lowest BCUT2D eigenvalue weighted by Gasteiger charge is -2.14. The number of Topliss-reactive ketones (excluding diaryl/α,β-unsaturated/α-hetero) is 1. The number of carbonyl (C=O) groups is 2. The Morgan fingerprint density at radius 1 is 1.33 bits per heavy atom. The molecule has 2 aromatic rings. The molecule has 0 aliphatic heterocycles. The normalized spacial score (nSPS) is 14.5. The van der Waals surface area contributed by atoms with Gasteiger partial charge in [-0.25, -0.2) is 14.2 Å². The fourth-order valence-corrected chi connectivity index (χ4v) is 2.80. The lowest BCUT2D eigenvalue weighted by atomic mass is 10.0. The van der Waals surface area contributed by atoms with Crippen LogP contribution in [0.2, 0.25) is 5.02 Å². The Morgan fingerprint density at radius 3 is 2.80 bits per heavy atom. The summed E-state index contributed by atoms with van der Waals surface area (Å²) in [5.74, 6) is -2.18. The van der Waals surface area contributed by atoms with Gasteiger partial charge in [0.1, 0.15) is 5.75 Å². The number of benzene rings is 1. The van der Waals surface area contributed by atoms with Crippen molar-refractivity contribution in [2.24, 2.45) is 0 Å². The van der Waals surface area contributed by atoms with Crippen LogP contribution in [0.4, 0.5) is 21.8 Å². The fraction of sp³-hybridized carbons (Fsp3) is 0.100. The summed E-state index contributed by atoms with van der Waals surface area (Å²) < 4.78 is 18.7. The molecule has 0 atom stereocenters. The molecule has 8 nitrogen and oxygen atoms in total. The standard InChI is InChI=1S/C20H16ClFN4O4/c1-10-6-12(8-13(21)17(10)28)24-19-14(22)9-23-20(26-19)25-15-5-3-4-11(18(15)29)7-16(27)30-2/h3-9,28H,1-2H3,(H2,23,24,25,26). The fourth-order valence-electron chi connectivity index (χ4n) is 2.53. The molecular weight excluding hydrogens is 415 g/mol. The Bertz CT molecular complexity index is 1100. The number of halogens is 2. The monoisotopic (exact) mass is 430 g/mol. The van der Waals surface area contributed by atoms with Crippen molar-refractivity contribution in [2.45, 2.75) is 6.92 Å². The largest absolute Gasteiger partial charge is 0.506 e. The number of aromatic hydroxyl groups is 1. The Labute approximate surface area is 175 Å². The minimum absolute atomic E-state index is 0.0483. The minimum Gasteiger partial charge on any atom is -0.506 e. The van der Waals surface area contributed by atoms with Gasteiger partial charge in [-0.1, -0.05) is 23.8 Å². The molecule has 0 amide bonds. The van der Waals surface area contributed by atoms with E-state index in [1.54, 1.807) is 19.1 Å². The lowest BCUT2D eigenvalue weighted by molar-refractivity contribution is -0.135. The topological polar surface area (TPSA) is 113 Å². The van der Waals surface area contributed by atoms with Crippen LogP contribution in [0.25, 0.3) is 0 Å². The van der Waals surface area contributed by atoms with Crippen molar-refractivity contribution in [3.05, 3.63) is 70.3 Å². The van der Waals surface area contributed by atoms with E-state index in [0.29, 0.717) is 11.3 Å². The van der Waals surface area contributed by atoms with Crippen molar-refractivity contribution in [1.29, 1.82) is 0 Å². The van der Waals surface area contributed by atoms with Crippen molar-refractivity contribution < 1.29 is 23.8 Å². The second-order valence-electron chi connectivity index (χ2n) is 6.16. The molecule has 1 aliphatic carbocycles. The van der Waals surface area contributed by atoms with Gasteiger partial charge in [-0.15, -0.1) is 0 Å². The van der Waals surface area contributed by atoms with E-state index in [1.165, 1.54) is 25.3 Å². The highest BCUT2D eigenvalue weighted by Crippen LogP contribution is 2.32. The Morgan fingerprint density at radius 2 is 2.10 bits per heavy atom. The maximum Gasteiger partial charge on any atom is 0.331 e. The molecule has 10 heteroatoms. The number of hydrogen-bond donors (Lipinski definition) is 3. The number of rotatable bonds is 5. The van der Waals surface area contributed by atoms with E-state index in [0.717, 1.165) is 12.3 Å². The number of phenolic OH excluding ortho intramolecular Hbond substituents is 1. The molecule has 0 radical (unpaired) electrons. The molecule has 0 fully saturated rings. The quantitative estimate of drug-likeness (QED) is 0.375. The molecule has 1 aliphatic rings. The number of methoxy groups -OCH3 is 1. The van der Waals surface area contributed by atoms with Crippen LogP contribution < -0.4 is 10.6 Å². The smallest absolute Gasteiger partial charge is 0.331 e. The molecule has 30 heavy (non-hydrogen) atoms. The van der Waals surface area contributed by atoms with Crippen LogP contribution in [-0.4, -0.2) is 33.9 Å². The number of aryl methyl sites for hydroxylation is 1. The van der Waals surface area contributed by atoms with Gasteiger partial charge in [0.2, 0.25) is 11.7 Å². The van der Waals surface area contributed by atoms with Gasteiger partial charge in [0, 0.05) is 17.3 Å². The molecule has 1 aromatic heterocycles. The third kappa shape index (κ3) is 4.64. The van der Waals surface area contributed by atoms with Gasteiger partial charge < -0.3 is 20.5 Å². The lowest BCUT2D eigenvalue weighted by Crippen LogP contribution is -2.18. The van der Waals surface area contributed by atoms with Gasteiger partial charge in [0.25, 0.3) is 0 Å². The molecule has 0 saturated heterocycles. The summed E-state index contributed by atoms with van der Waals surface area (Å²) in [6.45, 7) is 1.64. The molecule has 1 heterocycles. The van der Waals surface area contributed by atoms with Crippen LogP contribution in [0, 0.1) is 12.7 Å². The first-order chi connectivity index (χ1) is 14.3. The number of esters is 1. The summed E-state index contributed by atoms with van der Waals surface area (Å²) in [4.78, 5) is 31.7. The number of hydrogen-bond acceptors (Lipinski definition) is 8. The predicted octanol–water partition coefficient (Wildman–Crippen LogP) is 3.56. The Kier molecular flexibility index (Phi) is 6.12. The molecule has 3 N–H and O–H groups in total. The highest BCUT2D eigenvalue weighted by molar-refractivity contribution is 6.32. The molecule has 1 aromatic carbocycles. The van der Waals surface area contributed by atoms with Crippen LogP contribution in [0.5, 0.6) is 5.75 Å². The van der Waals surface area contributed by atoms with Gasteiger partial charge in [-0.05, 0) is 30.7 Å². The van der Waals surface area contributed by atoms with E-state index in [9.17, 15) is 19.1 Å². The maximum atomic E-state index is 14.2. The zero-order valence-electron chi connectivity index (χ0n) is 15.9. The van der Waals surface area contributed by atoms with E-state index in [4.69, 9.17) is 11.6 Å². The number of anilines is 3. The molecule has 0 spiro atoms. The van der Waals surface area contributed by atoms with Crippen LogP contribution in [-0.2, 0) is 14.3 Å². The Balaban J connectivity index is 1.83. The van der Waals surface area contributed by atoms with Crippen molar-refractivity contribution in [3.63, 3.8) is 0 Å². The van der Waals surface area contributed by atoms with E-state index in [2.05, 4.69) is 25.3 Å². The summed E-state index contributed by atoms with van der Waals surface area (Å²) in [5, 5.41) is 15.3. The first kappa shape index (κ1) is 21.0. The number of nitrogens with one attached hydrogen (secondary N) is 2. The van der Waals surface area contributed by atoms with Gasteiger partial charge in [-0.3, -0.25) is 4.79 Å². The number of carbonyl (C=O) groups excluding carboxylic acids is 2. The van der Waals surface area contributed by atoms with Gasteiger partial charge in [-0.2, -0.15) is 4.98 Å². The van der Waals surface area contributed by atoms with E-state index < -0.39 is 17.6 Å². The summed E-state index contributed by atoms with van der Waals surface area (Å²) in [5.41, 5.74) is 1.10. The van der Waals surface area contributed by atoms with Crippen LogP contribution in [0.3, 0.4) is 0 Å². The van der Waals surface area contributed by atoms with Crippen LogP contribution in [0.15, 0.2) is 53.9 Å². The number of phenols is 1. The third-order valence-corrected chi connectivity index (χ3v) is 4.32. The van der Waals surface area contributed by atoms with Crippen molar-refractivity contribution in [2.75, 3.05) is 17.7 Å². The second-order valence-corrected chi connectivity index (χ2v) is 6.56. The van der Waals surface area contributed by atoms with E-state index >= 15 is 0 Å². The first-order valence-electron chi connectivity index (χ1n) is 8.57. The Hall–Kier alpha value is -3.72. The molecule has 0 saturated carbocycles. The van der Waals surface area contributed by atoms with Gasteiger partial charge >= 0.3 is 5.97 Å². The van der Waals surface area contributed by atoms with E-state index in [1.807, 2.05) is 0 Å². The van der Waals surface area contributed by atoms with Crippen molar-refractivity contribution in [1.82, 2.24) is 9.97 Å². The van der Waals surface area contributed by atoms with Gasteiger partial charge in [0.05, 0.1) is 24.0 Å². The highest BCUT2D eigenvalue weighted by atomic mass is 35.5. The summed E-state index contributed by atoms with van der Waals surface area (Å²) in [7, 11) is 1.20. The number of ketones is 1. The molecule has 154 valence electrons. The molecule has 3 rings (SSSR count). The maximum absolute atomic E-state index is 14.2.